The van der Waals surface area contributed by atoms with Crippen LogP contribution in [0.15, 0.2) is 36.4 Å². The summed E-state index contributed by atoms with van der Waals surface area (Å²) in [7, 11) is 1.88. The van der Waals surface area contributed by atoms with Crippen molar-refractivity contribution in [3.63, 3.8) is 0 Å². The van der Waals surface area contributed by atoms with Crippen LogP contribution in [0.25, 0.3) is 11.4 Å². The Morgan fingerprint density at radius 3 is 2.22 bits per heavy atom. The first-order chi connectivity index (χ1) is 8.50. The molecule has 1 N–H and O–H groups in total. The number of anilines is 1. The predicted molar refractivity (Wildman–Crippen MR) is 75.7 cm³/mol. The van der Waals surface area contributed by atoms with Gasteiger partial charge in [-0.25, -0.2) is 9.97 Å². The summed E-state index contributed by atoms with van der Waals surface area (Å²) in [5, 5.41) is 3.10. The maximum absolute atomic E-state index is 4.67. The third kappa shape index (κ3) is 2.67. The fraction of sp³-hybridized carbons (Fsp3) is 0.333. The highest BCUT2D eigenvalue weighted by molar-refractivity contribution is 5.57. The molecule has 3 nitrogen and oxygen atoms in total. The molecule has 2 aromatic rings. The zero-order valence-corrected chi connectivity index (χ0v) is 11.4. The summed E-state index contributed by atoms with van der Waals surface area (Å²) >= 11 is 0. The smallest absolute Gasteiger partial charge is 0.161 e. The Morgan fingerprint density at radius 1 is 1.00 bits per heavy atom. The van der Waals surface area contributed by atoms with Crippen LogP contribution in [0.3, 0.4) is 0 Å². The molecule has 18 heavy (non-hydrogen) atoms. The Bertz CT molecular complexity index is 527. The summed E-state index contributed by atoms with van der Waals surface area (Å²) in [5.74, 6) is 1.63. The lowest BCUT2D eigenvalue weighted by Gasteiger charge is -2.19. The number of rotatable bonds is 2. The molecule has 1 aromatic carbocycles. The molecule has 94 valence electrons. The van der Waals surface area contributed by atoms with E-state index in [0.29, 0.717) is 0 Å². The lowest BCUT2D eigenvalue weighted by molar-refractivity contribution is 0.568. The van der Waals surface area contributed by atoms with Gasteiger partial charge < -0.3 is 5.32 Å². The highest BCUT2D eigenvalue weighted by Crippen LogP contribution is 2.25. The molecule has 0 saturated carbocycles. The van der Waals surface area contributed by atoms with E-state index in [2.05, 4.69) is 36.1 Å². The van der Waals surface area contributed by atoms with E-state index in [1.807, 2.05) is 43.4 Å². The summed E-state index contributed by atoms with van der Waals surface area (Å²) < 4.78 is 0. The predicted octanol–water partition coefficient (Wildman–Crippen LogP) is 3.48. The first-order valence-corrected chi connectivity index (χ1v) is 6.13. The van der Waals surface area contributed by atoms with Gasteiger partial charge in [-0.1, -0.05) is 51.1 Å². The lowest BCUT2D eigenvalue weighted by atomic mass is 9.92. The molecule has 0 unspecified atom stereocenters. The molecule has 0 fully saturated rings. The van der Waals surface area contributed by atoms with Gasteiger partial charge >= 0.3 is 0 Å². The van der Waals surface area contributed by atoms with E-state index < -0.39 is 0 Å². The van der Waals surface area contributed by atoms with Crippen LogP contribution >= 0.6 is 0 Å². The summed E-state index contributed by atoms with van der Waals surface area (Å²) in [4.78, 5) is 9.19. The zero-order valence-electron chi connectivity index (χ0n) is 11.4. The molecule has 1 aromatic heterocycles. The topological polar surface area (TPSA) is 37.8 Å². The van der Waals surface area contributed by atoms with E-state index in [-0.39, 0.29) is 5.41 Å². The number of hydrogen-bond acceptors (Lipinski definition) is 3. The van der Waals surface area contributed by atoms with E-state index in [1.165, 1.54) is 0 Å². The number of nitrogens with zero attached hydrogens (tertiary/aromatic N) is 2. The Balaban J connectivity index is 2.55. The van der Waals surface area contributed by atoms with Crippen molar-refractivity contribution < 1.29 is 0 Å². The van der Waals surface area contributed by atoms with E-state index in [1.54, 1.807) is 0 Å². The minimum Gasteiger partial charge on any atom is -0.373 e. The molecule has 0 atom stereocenters. The van der Waals surface area contributed by atoms with Crippen molar-refractivity contribution >= 4 is 5.82 Å². The second kappa shape index (κ2) is 4.77. The van der Waals surface area contributed by atoms with Gasteiger partial charge in [-0.3, -0.25) is 0 Å². The van der Waals surface area contributed by atoms with Gasteiger partial charge in [0.15, 0.2) is 5.82 Å². The van der Waals surface area contributed by atoms with Crippen molar-refractivity contribution in [1.29, 1.82) is 0 Å². The van der Waals surface area contributed by atoms with Crippen molar-refractivity contribution in [2.45, 2.75) is 26.2 Å². The fourth-order valence-electron chi connectivity index (χ4n) is 1.68. The number of benzene rings is 1. The van der Waals surface area contributed by atoms with Crippen molar-refractivity contribution in [2.24, 2.45) is 0 Å². The van der Waals surface area contributed by atoms with Gasteiger partial charge in [0.25, 0.3) is 0 Å². The largest absolute Gasteiger partial charge is 0.373 e. The van der Waals surface area contributed by atoms with Gasteiger partial charge in [0.05, 0.1) is 5.69 Å². The number of hydrogen-bond donors (Lipinski definition) is 1. The van der Waals surface area contributed by atoms with Crippen molar-refractivity contribution in [1.82, 2.24) is 9.97 Å². The van der Waals surface area contributed by atoms with Gasteiger partial charge in [-0.15, -0.1) is 0 Å². The van der Waals surface area contributed by atoms with E-state index >= 15 is 0 Å². The quantitative estimate of drug-likeness (QED) is 0.874. The molecule has 0 aliphatic rings. The van der Waals surface area contributed by atoms with Crippen molar-refractivity contribution in [3.8, 4) is 11.4 Å². The molecular formula is C15H19N3. The van der Waals surface area contributed by atoms with Gasteiger partial charge in [-0.05, 0) is 0 Å². The van der Waals surface area contributed by atoms with Crippen LogP contribution in [-0.4, -0.2) is 17.0 Å². The van der Waals surface area contributed by atoms with E-state index in [9.17, 15) is 0 Å². The molecule has 2 rings (SSSR count). The van der Waals surface area contributed by atoms with Crippen molar-refractivity contribution in [2.75, 3.05) is 12.4 Å². The van der Waals surface area contributed by atoms with Crippen LogP contribution in [0, 0.1) is 0 Å². The highest BCUT2D eigenvalue weighted by atomic mass is 15.0. The summed E-state index contributed by atoms with van der Waals surface area (Å²) in [6.45, 7) is 6.47. The van der Waals surface area contributed by atoms with E-state index in [4.69, 9.17) is 0 Å². The van der Waals surface area contributed by atoms with Crippen LogP contribution in [0.1, 0.15) is 26.5 Å². The van der Waals surface area contributed by atoms with Gasteiger partial charge in [0, 0.05) is 24.1 Å². The highest BCUT2D eigenvalue weighted by Gasteiger charge is 2.18. The van der Waals surface area contributed by atoms with Crippen LogP contribution in [0.4, 0.5) is 5.82 Å². The molecular weight excluding hydrogens is 222 g/mol. The molecule has 0 spiro atoms. The maximum Gasteiger partial charge on any atom is 0.161 e. The fourth-order valence-corrected chi connectivity index (χ4v) is 1.68. The zero-order chi connectivity index (χ0) is 13.2. The summed E-state index contributed by atoms with van der Waals surface area (Å²) in [6, 6.07) is 12.1. The van der Waals surface area contributed by atoms with Gasteiger partial charge in [0.2, 0.25) is 0 Å². The monoisotopic (exact) mass is 241 g/mol. The van der Waals surface area contributed by atoms with Gasteiger partial charge in [-0.2, -0.15) is 0 Å². The SMILES string of the molecule is CNc1cc(C(C)(C)C)nc(-c2ccccc2)n1. The number of nitrogens with one attached hydrogen (secondary N) is 1. The van der Waals surface area contributed by atoms with E-state index in [0.717, 1.165) is 22.9 Å². The van der Waals surface area contributed by atoms with Crippen LogP contribution < -0.4 is 5.32 Å². The first kappa shape index (κ1) is 12.6. The Kier molecular flexibility index (Phi) is 3.32. The Hall–Kier alpha value is -1.90. The normalized spacial score (nSPS) is 11.3. The molecule has 0 aliphatic heterocycles. The Labute approximate surface area is 108 Å². The Morgan fingerprint density at radius 2 is 1.67 bits per heavy atom. The summed E-state index contributed by atoms with van der Waals surface area (Å²) in [5.41, 5.74) is 2.10. The van der Waals surface area contributed by atoms with Crippen molar-refractivity contribution in [3.05, 3.63) is 42.1 Å². The van der Waals surface area contributed by atoms with Crippen LogP contribution in [-0.2, 0) is 5.41 Å². The molecule has 1 heterocycles. The lowest BCUT2D eigenvalue weighted by Crippen LogP contribution is -2.15. The molecule has 0 saturated heterocycles. The summed E-state index contributed by atoms with van der Waals surface area (Å²) in [6.07, 6.45) is 0. The molecule has 0 amide bonds. The second-order valence-electron chi connectivity index (χ2n) is 5.33. The third-order valence-corrected chi connectivity index (χ3v) is 2.78. The average molecular weight is 241 g/mol. The molecule has 0 bridgehead atoms. The average Bonchev–Trinajstić information content (AvgIpc) is 2.38. The third-order valence-electron chi connectivity index (χ3n) is 2.78. The first-order valence-electron chi connectivity index (χ1n) is 6.13. The standard InChI is InChI=1S/C15H19N3/c1-15(2,3)12-10-13(16-4)18-14(17-12)11-8-6-5-7-9-11/h5-10H,1-4H3,(H,16,17,18). The molecule has 0 aliphatic carbocycles. The molecule has 0 radical (unpaired) electrons. The van der Waals surface area contributed by atoms with Crippen LogP contribution in [0.2, 0.25) is 0 Å². The molecule has 3 heteroatoms. The van der Waals surface area contributed by atoms with Crippen LogP contribution in [0.5, 0.6) is 0 Å². The number of aromatic nitrogens is 2. The second-order valence-corrected chi connectivity index (χ2v) is 5.33. The minimum absolute atomic E-state index is 0.0120. The minimum atomic E-state index is 0.0120. The van der Waals surface area contributed by atoms with Gasteiger partial charge in [0.1, 0.15) is 5.82 Å². The maximum atomic E-state index is 4.67.